The number of halogens is 2. The van der Waals surface area contributed by atoms with E-state index in [0.717, 1.165) is 26.9 Å². The lowest BCUT2D eigenvalue weighted by atomic mass is 10.00. The molecule has 1 atom stereocenters. The molecule has 3 heterocycles. The number of nitrogens with zero attached hydrogens (tertiary/aromatic N) is 2. The number of ether oxygens (including phenoxy) is 2. The number of pyridine rings is 1. The van der Waals surface area contributed by atoms with E-state index in [4.69, 9.17) is 32.7 Å². The molecule has 0 bridgehead atoms. The maximum atomic E-state index is 13.5. The first-order chi connectivity index (χ1) is 16.6. The highest BCUT2D eigenvalue weighted by Crippen LogP contribution is 2.35. The van der Waals surface area contributed by atoms with Crippen molar-refractivity contribution in [2.24, 2.45) is 0 Å². The van der Waals surface area contributed by atoms with Crippen LogP contribution in [0.4, 0.5) is 5.69 Å². The Bertz CT molecular complexity index is 1180. The van der Waals surface area contributed by atoms with Crippen molar-refractivity contribution in [3.8, 4) is 5.75 Å². The summed E-state index contributed by atoms with van der Waals surface area (Å²) in [6.45, 7) is 3.20. The fourth-order valence-electron chi connectivity index (χ4n) is 4.16. The minimum absolute atomic E-state index is 0.113. The van der Waals surface area contributed by atoms with E-state index in [2.05, 4.69) is 15.2 Å². The molecule has 1 saturated heterocycles. The van der Waals surface area contributed by atoms with Gasteiger partial charge in [0.1, 0.15) is 10.8 Å². The monoisotopic (exact) mass is 515 g/mol. The number of para-hydroxylation sites is 1. The lowest BCUT2D eigenvalue weighted by molar-refractivity contribution is 0.0923. The van der Waals surface area contributed by atoms with Gasteiger partial charge in [0.25, 0.3) is 5.91 Å². The average Bonchev–Trinajstić information content (AvgIpc) is 2.84. The first-order valence-electron chi connectivity index (χ1n) is 11.1. The van der Waals surface area contributed by atoms with E-state index in [1.807, 2.05) is 42.5 Å². The molecule has 6 nitrogen and oxygen atoms in total. The summed E-state index contributed by atoms with van der Waals surface area (Å²) in [7, 11) is 0. The number of nitrogens with one attached hydrogen (secondary N) is 1. The topological polar surface area (TPSA) is 63.7 Å². The minimum atomic E-state index is -0.155. The van der Waals surface area contributed by atoms with Crippen molar-refractivity contribution < 1.29 is 14.3 Å². The second-order valence-corrected chi connectivity index (χ2v) is 10.0. The van der Waals surface area contributed by atoms with Crippen LogP contribution in [0.2, 0.25) is 10.0 Å². The highest BCUT2D eigenvalue weighted by Gasteiger charge is 2.26. The Labute approximate surface area is 212 Å². The number of rotatable bonds is 5. The molecule has 0 saturated carbocycles. The van der Waals surface area contributed by atoms with Gasteiger partial charge < -0.3 is 19.7 Å². The quantitative estimate of drug-likeness (QED) is 0.475. The molecule has 1 aromatic heterocycles. The Balaban J connectivity index is 1.43. The van der Waals surface area contributed by atoms with Gasteiger partial charge in [-0.05, 0) is 30.3 Å². The zero-order valence-electron chi connectivity index (χ0n) is 18.3. The van der Waals surface area contributed by atoms with Gasteiger partial charge in [-0.2, -0.15) is 0 Å². The number of morpholine rings is 1. The van der Waals surface area contributed by atoms with Crippen molar-refractivity contribution in [3.05, 3.63) is 75.9 Å². The maximum absolute atomic E-state index is 13.5. The zero-order valence-corrected chi connectivity index (χ0v) is 20.6. The van der Waals surface area contributed by atoms with Crippen molar-refractivity contribution >= 4 is 46.6 Å². The molecule has 5 rings (SSSR count). The number of hydrogen-bond acceptors (Lipinski definition) is 6. The summed E-state index contributed by atoms with van der Waals surface area (Å²) in [4.78, 5) is 21.1. The predicted octanol–water partition coefficient (Wildman–Crippen LogP) is 5.63. The molecule has 3 aromatic rings. The number of hydrogen-bond donors (Lipinski definition) is 1. The van der Waals surface area contributed by atoms with Crippen molar-refractivity contribution in [3.63, 3.8) is 0 Å². The second-order valence-electron chi connectivity index (χ2n) is 8.05. The number of benzene rings is 2. The second kappa shape index (κ2) is 10.4. The number of anilines is 1. The Kier molecular flexibility index (Phi) is 7.15. The SMILES string of the molecule is O=C(N[C@H]1CCOc2ccccc21)c1cnc(Sc2cc(Cl)cc(Cl)c2)cc1N1CCOCC1. The first kappa shape index (κ1) is 23.3. The van der Waals surface area contributed by atoms with Crippen molar-refractivity contribution in [2.75, 3.05) is 37.8 Å². The molecule has 2 aliphatic rings. The van der Waals surface area contributed by atoms with Crippen LogP contribution in [-0.2, 0) is 4.74 Å². The molecule has 1 fully saturated rings. The number of carbonyl (C=O) groups excluding carboxylic acids is 1. The molecular formula is C25H23Cl2N3O3S. The van der Waals surface area contributed by atoms with Gasteiger partial charge in [0, 0.05) is 46.2 Å². The van der Waals surface area contributed by atoms with Crippen LogP contribution in [0.15, 0.2) is 64.6 Å². The van der Waals surface area contributed by atoms with Gasteiger partial charge in [-0.1, -0.05) is 53.2 Å². The van der Waals surface area contributed by atoms with Gasteiger partial charge in [-0.25, -0.2) is 4.98 Å². The Hall–Kier alpha value is -2.45. The smallest absolute Gasteiger partial charge is 0.255 e. The molecule has 0 aliphatic carbocycles. The normalized spacial score (nSPS) is 17.6. The van der Waals surface area contributed by atoms with Crippen molar-refractivity contribution in [2.45, 2.75) is 22.4 Å². The summed E-state index contributed by atoms with van der Waals surface area (Å²) < 4.78 is 11.3. The Morgan fingerprint density at radius 1 is 1.06 bits per heavy atom. The summed E-state index contributed by atoms with van der Waals surface area (Å²) in [5.41, 5.74) is 2.37. The molecule has 0 unspecified atom stereocenters. The summed E-state index contributed by atoms with van der Waals surface area (Å²) >= 11 is 13.8. The highest BCUT2D eigenvalue weighted by atomic mass is 35.5. The highest BCUT2D eigenvalue weighted by molar-refractivity contribution is 7.99. The van der Waals surface area contributed by atoms with E-state index >= 15 is 0 Å². The van der Waals surface area contributed by atoms with Crippen LogP contribution >= 0.6 is 35.0 Å². The third kappa shape index (κ3) is 5.28. The molecule has 2 aliphatic heterocycles. The van der Waals surface area contributed by atoms with E-state index in [1.165, 1.54) is 11.8 Å². The summed E-state index contributed by atoms with van der Waals surface area (Å²) in [6, 6.07) is 15.1. The molecule has 34 heavy (non-hydrogen) atoms. The lowest BCUT2D eigenvalue weighted by Gasteiger charge is -2.31. The molecule has 0 spiro atoms. The Morgan fingerprint density at radius 3 is 2.62 bits per heavy atom. The fraction of sp³-hybridized carbons (Fsp3) is 0.280. The summed E-state index contributed by atoms with van der Waals surface area (Å²) in [5, 5.41) is 5.09. The third-order valence-electron chi connectivity index (χ3n) is 5.78. The van der Waals surface area contributed by atoms with E-state index in [9.17, 15) is 4.79 Å². The van der Waals surface area contributed by atoms with Crippen LogP contribution in [0.25, 0.3) is 0 Å². The maximum Gasteiger partial charge on any atom is 0.255 e. The molecular weight excluding hydrogens is 493 g/mol. The summed E-state index contributed by atoms with van der Waals surface area (Å²) in [5.74, 6) is 0.663. The van der Waals surface area contributed by atoms with Gasteiger partial charge in [-0.15, -0.1) is 0 Å². The van der Waals surface area contributed by atoms with Gasteiger partial charge in [-0.3, -0.25) is 4.79 Å². The molecule has 2 aromatic carbocycles. The first-order valence-corrected chi connectivity index (χ1v) is 12.6. The molecule has 0 radical (unpaired) electrons. The standard InChI is InChI=1S/C25H23Cl2N3O3S/c26-16-11-17(27)13-18(12-16)34-24-14-22(30-6-9-32-10-7-30)20(15-28-24)25(31)29-21-5-8-33-23-4-2-1-3-19(21)23/h1-4,11-15,21H,5-10H2,(H,29,31)/t21-/m0/s1. The Morgan fingerprint density at radius 2 is 1.82 bits per heavy atom. The number of aromatic nitrogens is 1. The van der Waals surface area contributed by atoms with Gasteiger partial charge in [0.05, 0.1) is 37.1 Å². The molecule has 1 N–H and O–H groups in total. The van der Waals surface area contributed by atoms with Crippen LogP contribution in [-0.4, -0.2) is 43.8 Å². The molecule has 176 valence electrons. The summed E-state index contributed by atoms with van der Waals surface area (Å²) in [6.07, 6.45) is 2.37. The van der Waals surface area contributed by atoms with Crippen molar-refractivity contribution in [1.29, 1.82) is 0 Å². The predicted molar refractivity (Wildman–Crippen MR) is 135 cm³/mol. The average molecular weight is 516 g/mol. The minimum Gasteiger partial charge on any atom is -0.493 e. The van der Waals surface area contributed by atoms with Crippen LogP contribution in [0, 0.1) is 0 Å². The van der Waals surface area contributed by atoms with Crippen LogP contribution in [0.5, 0.6) is 5.75 Å². The molecule has 9 heteroatoms. The van der Waals surface area contributed by atoms with E-state index < -0.39 is 0 Å². The zero-order chi connectivity index (χ0) is 23.5. The number of fused-ring (bicyclic) bond motifs is 1. The van der Waals surface area contributed by atoms with Gasteiger partial charge >= 0.3 is 0 Å². The van der Waals surface area contributed by atoms with E-state index in [1.54, 1.807) is 12.3 Å². The van der Waals surface area contributed by atoms with E-state index in [-0.39, 0.29) is 11.9 Å². The number of amides is 1. The van der Waals surface area contributed by atoms with Gasteiger partial charge in [0.2, 0.25) is 0 Å². The third-order valence-corrected chi connectivity index (χ3v) is 7.12. The molecule has 1 amide bonds. The van der Waals surface area contributed by atoms with Crippen LogP contribution < -0.4 is 15.0 Å². The van der Waals surface area contributed by atoms with Crippen molar-refractivity contribution in [1.82, 2.24) is 10.3 Å². The fourth-order valence-corrected chi connectivity index (χ4v) is 5.70. The largest absolute Gasteiger partial charge is 0.493 e. The lowest BCUT2D eigenvalue weighted by Crippen LogP contribution is -2.38. The van der Waals surface area contributed by atoms with Crippen LogP contribution in [0.3, 0.4) is 0 Å². The van der Waals surface area contributed by atoms with Gasteiger partial charge in [0.15, 0.2) is 0 Å². The van der Waals surface area contributed by atoms with Crippen LogP contribution in [0.1, 0.15) is 28.4 Å². The van der Waals surface area contributed by atoms with E-state index in [0.29, 0.717) is 54.9 Å². The number of carbonyl (C=O) groups is 1.